The Morgan fingerprint density at radius 2 is 1.68 bits per heavy atom. The van der Waals surface area contributed by atoms with Crippen LogP contribution >= 0.6 is 0 Å². The maximum Gasteiger partial charge on any atom is 0.0656 e. The van der Waals surface area contributed by atoms with Crippen LogP contribution in [-0.4, -0.2) is 36.7 Å². The maximum atomic E-state index is 9.07. The molecule has 2 atom stereocenters. The van der Waals surface area contributed by atoms with Crippen LogP contribution in [0.4, 0.5) is 0 Å². The van der Waals surface area contributed by atoms with E-state index in [0.717, 1.165) is 44.4 Å². The summed E-state index contributed by atoms with van der Waals surface area (Å²) >= 11 is 0. The first kappa shape index (κ1) is 19.2. The Balaban J connectivity index is 1.27. The molecule has 2 aliphatic carbocycles. The predicted octanol–water partition coefficient (Wildman–Crippen LogP) is 5.16. The van der Waals surface area contributed by atoms with Crippen LogP contribution in [0.1, 0.15) is 84.0 Å². The van der Waals surface area contributed by atoms with E-state index in [4.69, 9.17) is 10.00 Å². The van der Waals surface area contributed by atoms with E-state index in [-0.39, 0.29) is 5.92 Å². The molecule has 3 heteroatoms. The van der Waals surface area contributed by atoms with E-state index in [2.05, 4.69) is 17.9 Å². The number of rotatable bonds is 6. The number of likely N-dealkylation sites (tertiary alicyclic amines) is 1. The second kappa shape index (κ2) is 9.93. The largest absolute Gasteiger partial charge is 0.377 e. The van der Waals surface area contributed by atoms with Crippen LogP contribution in [0, 0.1) is 29.1 Å². The van der Waals surface area contributed by atoms with Gasteiger partial charge in [0.05, 0.1) is 18.8 Å². The number of nitriles is 1. The minimum atomic E-state index is 0.270. The van der Waals surface area contributed by atoms with Crippen molar-refractivity contribution in [3.05, 3.63) is 0 Å². The SMILES string of the molecule is CC1CC(C#N)CCN1CCOC1CCC(CC2CCCCC2)CC1. The summed E-state index contributed by atoms with van der Waals surface area (Å²) in [6.07, 6.45) is 16.9. The van der Waals surface area contributed by atoms with Gasteiger partial charge in [0, 0.05) is 18.5 Å². The van der Waals surface area contributed by atoms with Gasteiger partial charge in [-0.2, -0.15) is 5.26 Å². The van der Waals surface area contributed by atoms with Crippen LogP contribution < -0.4 is 0 Å². The first-order valence-corrected chi connectivity index (χ1v) is 11.0. The molecule has 3 nitrogen and oxygen atoms in total. The van der Waals surface area contributed by atoms with Crippen LogP contribution in [0.2, 0.25) is 0 Å². The Morgan fingerprint density at radius 3 is 2.36 bits per heavy atom. The molecule has 2 unspecified atom stereocenters. The molecule has 0 amide bonds. The highest BCUT2D eigenvalue weighted by atomic mass is 16.5. The van der Waals surface area contributed by atoms with Crippen molar-refractivity contribution in [3.8, 4) is 6.07 Å². The second-order valence-electron chi connectivity index (χ2n) is 8.99. The molecule has 2 saturated carbocycles. The molecule has 0 N–H and O–H groups in total. The van der Waals surface area contributed by atoms with Gasteiger partial charge in [-0.15, -0.1) is 0 Å². The molecule has 0 radical (unpaired) electrons. The van der Waals surface area contributed by atoms with Gasteiger partial charge in [-0.05, 0) is 70.3 Å². The van der Waals surface area contributed by atoms with Crippen LogP contribution in [-0.2, 0) is 4.74 Å². The van der Waals surface area contributed by atoms with Crippen molar-refractivity contribution in [2.24, 2.45) is 17.8 Å². The summed E-state index contributed by atoms with van der Waals surface area (Å²) in [7, 11) is 0. The molecule has 1 aliphatic heterocycles. The minimum Gasteiger partial charge on any atom is -0.377 e. The highest BCUT2D eigenvalue weighted by Gasteiger charge is 2.27. The fraction of sp³-hybridized carbons (Fsp3) is 0.955. The summed E-state index contributed by atoms with van der Waals surface area (Å²) in [5.74, 6) is 2.29. The Bertz CT molecular complexity index is 418. The van der Waals surface area contributed by atoms with Crippen molar-refractivity contribution in [1.82, 2.24) is 4.90 Å². The lowest BCUT2D eigenvalue weighted by Gasteiger charge is -2.36. The number of nitrogens with zero attached hydrogens (tertiary/aromatic N) is 2. The third-order valence-corrected chi connectivity index (χ3v) is 7.11. The number of hydrogen-bond acceptors (Lipinski definition) is 3. The zero-order chi connectivity index (χ0) is 17.5. The fourth-order valence-electron chi connectivity index (χ4n) is 5.44. The standard InChI is InChI=1S/C22H38N2O/c1-18-15-21(17-23)11-12-24(18)13-14-25-22-9-7-20(8-10-22)16-19-5-3-2-4-6-19/h18-22H,2-16H2,1H3. The number of ether oxygens (including phenoxy) is 1. The van der Waals surface area contributed by atoms with Gasteiger partial charge in [0.1, 0.15) is 0 Å². The molecule has 1 saturated heterocycles. The molecule has 3 aliphatic rings. The van der Waals surface area contributed by atoms with Gasteiger partial charge in [0.2, 0.25) is 0 Å². The third kappa shape index (κ3) is 5.97. The van der Waals surface area contributed by atoms with Gasteiger partial charge in [-0.1, -0.05) is 32.1 Å². The Morgan fingerprint density at radius 1 is 0.960 bits per heavy atom. The maximum absolute atomic E-state index is 9.07. The zero-order valence-electron chi connectivity index (χ0n) is 16.3. The summed E-state index contributed by atoms with van der Waals surface area (Å²) < 4.78 is 6.22. The molecule has 3 rings (SSSR count). The summed E-state index contributed by atoms with van der Waals surface area (Å²) in [5, 5.41) is 9.07. The highest BCUT2D eigenvalue weighted by Crippen LogP contribution is 2.35. The fourth-order valence-corrected chi connectivity index (χ4v) is 5.44. The monoisotopic (exact) mass is 346 g/mol. The van der Waals surface area contributed by atoms with Gasteiger partial charge >= 0.3 is 0 Å². The van der Waals surface area contributed by atoms with Gasteiger partial charge in [0.25, 0.3) is 0 Å². The normalized spacial score (nSPS) is 35.4. The van der Waals surface area contributed by atoms with Crippen LogP contribution in [0.5, 0.6) is 0 Å². The molecule has 0 spiro atoms. The van der Waals surface area contributed by atoms with Crippen LogP contribution in [0.25, 0.3) is 0 Å². The van der Waals surface area contributed by atoms with E-state index < -0.39 is 0 Å². The van der Waals surface area contributed by atoms with Gasteiger partial charge in [0.15, 0.2) is 0 Å². The van der Waals surface area contributed by atoms with E-state index in [0.29, 0.717) is 12.1 Å². The van der Waals surface area contributed by atoms with Crippen molar-refractivity contribution >= 4 is 0 Å². The molecule has 1 heterocycles. The van der Waals surface area contributed by atoms with Gasteiger partial charge in [-0.3, -0.25) is 4.90 Å². The lowest BCUT2D eigenvalue weighted by Crippen LogP contribution is -2.42. The summed E-state index contributed by atoms with van der Waals surface area (Å²) in [6, 6.07) is 2.97. The average Bonchev–Trinajstić information content (AvgIpc) is 2.65. The Hall–Kier alpha value is -0.590. The lowest BCUT2D eigenvalue weighted by atomic mass is 9.77. The first-order valence-electron chi connectivity index (χ1n) is 11.0. The van der Waals surface area contributed by atoms with E-state index in [9.17, 15) is 0 Å². The third-order valence-electron chi connectivity index (χ3n) is 7.11. The molecule has 0 bridgehead atoms. The lowest BCUT2D eigenvalue weighted by molar-refractivity contribution is -0.00436. The first-order chi connectivity index (χ1) is 12.2. The summed E-state index contributed by atoms with van der Waals surface area (Å²) in [6.45, 7) is 5.25. The summed E-state index contributed by atoms with van der Waals surface area (Å²) in [4.78, 5) is 2.52. The van der Waals surface area contributed by atoms with Gasteiger partial charge in [-0.25, -0.2) is 0 Å². The van der Waals surface area contributed by atoms with Crippen molar-refractivity contribution in [3.63, 3.8) is 0 Å². The van der Waals surface area contributed by atoms with Crippen LogP contribution in [0.3, 0.4) is 0 Å². The number of piperidine rings is 1. The average molecular weight is 347 g/mol. The van der Waals surface area contributed by atoms with Crippen molar-refractivity contribution in [2.45, 2.75) is 96.1 Å². The molecule has 25 heavy (non-hydrogen) atoms. The molecule has 0 aromatic carbocycles. The quantitative estimate of drug-likeness (QED) is 0.667. The molecule has 142 valence electrons. The van der Waals surface area contributed by atoms with Crippen molar-refractivity contribution < 1.29 is 4.74 Å². The highest BCUT2D eigenvalue weighted by molar-refractivity contribution is 4.90. The van der Waals surface area contributed by atoms with Crippen LogP contribution in [0.15, 0.2) is 0 Å². The van der Waals surface area contributed by atoms with Crippen molar-refractivity contribution in [1.29, 1.82) is 5.26 Å². The van der Waals surface area contributed by atoms with E-state index in [1.807, 2.05) is 0 Å². The molecular formula is C22H38N2O. The smallest absolute Gasteiger partial charge is 0.0656 e. The predicted molar refractivity (Wildman–Crippen MR) is 102 cm³/mol. The molecular weight excluding hydrogens is 308 g/mol. The van der Waals surface area contributed by atoms with E-state index in [1.54, 1.807) is 0 Å². The van der Waals surface area contributed by atoms with Crippen molar-refractivity contribution in [2.75, 3.05) is 19.7 Å². The molecule has 0 aromatic heterocycles. The topological polar surface area (TPSA) is 36.3 Å². The zero-order valence-corrected chi connectivity index (χ0v) is 16.3. The van der Waals surface area contributed by atoms with Gasteiger partial charge < -0.3 is 4.74 Å². The van der Waals surface area contributed by atoms with E-state index >= 15 is 0 Å². The van der Waals surface area contributed by atoms with E-state index in [1.165, 1.54) is 64.2 Å². The second-order valence-corrected chi connectivity index (χ2v) is 8.99. The Kier molecular flexibility index (Phi) is 7.62. The Labute approximate surface area is 155 Å². The summed E-state index contributed by atoms with van der Waals surface area (Å²) in [5.41, 5.74) is 0. The number of hydrogen-bond donors (Lipinski definition) is 0. The minimum absolute atomic E-state index is 0.270. The molecule has 3 fully saturated rings. The molecule has 0 aromatic rings.